The number of hydrogen-bond acceptors (Lipinski definition) is 2. The fraction of sp³-hybridized carbons (Fsp3) is 0. The summed E-state index contributed by atoms with van der Waals surface area (Å²) in [5.41, 5.74) is 0. The highest BCUT2D eigenvalue weighted by molar-refractivity contribution is 6.48. The average molecular weight is 197 g/mol. The molecule has 64 valence electrons. The molecule has 0 spiro atoms. The van der Waals surface area contributed by atoms with E-state index in [9.17, 15) is 22.8 Å². The molecule has 1 aliphatic carbocycles. The van der Waals surface area contributed by atoms with Crippen molar-refractivity contribution in [3.63, 3.8) is 0 Å². The molecule has 0 fully saturated rings. The summed E-state index contributed by atoms with van der Waals surface area (Å²) in [6, 6.07) is 0. The maximum absolute atomic E-state index is 12.4. The molecule has 0 aromatic heterocycles. The van der Waals surface area contributed by atoms with Crippen molar-refractivity contribution >= 4 is 23.2 Å². The van der Waals surface area contributed by atoms with Crippen LogP contribution in [0.2, 0.25) is 0 Å². The van der Waals surface area contributed by atoms with Gasteiger partial charge in [-0.25, -0.2) is 4.39 Å². The Morgan fingerprint density at radius 2 is 1.25 bits per heavy atom. The standard InChI is InChI=1S/C6ClF3O2/c7-1-2(8)6(12)4(10)3(9)5(1)11. The highest BCUT2D eigenvalue weighted by Crippen LogP contribution is 2.28. The minimum atomic E-state index is -2.04. The highest BCUT2D eigenvalue weighted by atomic mass is 35.5. The number of carbonyl (C=O) groups excluding carboxylic acids is 2. The summed E-state index contributed by atoms with van der Waals surface area (Å²) >= 11 is 4.87. The van der Waals surface area contributed by atoms with Crippen molar-refractivity contribution in [3.8, 4) is 0 Å². The van der Waals surface area contributed by atoms with Crippen LogP contribution in [0, 0.1) is 0 Å². The molecule has 1 aliphatic rings. The Kier molecular flexibility index (Phi) is 2.06. The minimum Gasteiger partial charge on any atom is -0.285 e. The molecular weight excluding hydrogens is 197 g/mol. The van der Waals surface area contributed by atoms with E-state index in [0.29, 0.717) is 0 Å². The zero-order valence-corrected chi connectivity index (χ0v) is 6.08. The minimum absolute atomic E-state index is 1.22. The smallest absolute Gasteiger partial charge is 0.254 e. The quantitative estimate of drug-likeness (QED) is 0.553. The van der Waals surface area contributed by atoms with Crippen LogP contribution in [0.4, 0.5) is 13.2 Å². The van der Waals surface area contributed by atoms with Gasteiger partial charge in [0.25, 0.3) is 5.78 Å². The van der Waals surface area contributed by atoms with Crippen LogP contribution in [0.15, 0.2) is 22.5 Å². The molecule has 0 bridgehead atoms. The molecule has 0 heterocycles. The Bertz CT molecular complexity index is 281. The van der Waals surface area contributed by atoms with Gasteiger partial charge in [-0.2, -0.15) is 8.78 Å². The second-order valence-electron chi connectivity index (χ2n) is 1.91. The molecule has 2 nitrogen and oxygen atoms in total. The van der Waals surface area contributed by atoms with Crippen molar-refractivity contribution < 1.29 is 22.8 Å². The molecular formula is C6ClF3O2. The van der Waals surface area contributed by atoms with Crippen LogP contribution >= 0.6 is 11.6 Å². The predicted octanol–water partition coefficient (Wildman–Crippen LogP) is 1.71. The first-order chi connectivity index (χ1) is 5.46. The summed E-state index contributed by atoms with van der Waals surface area (Å²) in [5.74, 6) is -9.24. The highest BCUT2D eigenvalue weighted by Gasteiger charge is 2.35. The summed E-state index contributed by atoms with van der Waals surface area (Å²) in [6.07, 6.45) is 0. The lowest BCUT2D eigenvalue weighted by molar-refractivity contribution is -0.119. The van der Waals surface area contributed by atoms with Crippen LogP contribution < -0.4 is 0 Å². The third-order valence-corrected chi connectivity index (χ3v) is 1.52. The predicted molar refractivity (Wildman–Crippen MR) is 33.2 cm³/mol. The Morgan fingerprint density at radius 3 is 1.75 bits per heavy atom. The summed E-state index contributed by atoms with van der Waals surface area (Å²) < 4.78 is 36.9. The van der Waals surface area contributed by atoms with Crippen LogP contribution in [-0.2, 0) is 9.59 Å². The molecule has 0 radical (unpaired) electrons. The van der Waals surface area contributed by atoms with E-state index in [1.807, 2.05) is 0 Å². The van der Waals surface area contributed by atoms with Gasteiger partial charge in [-0.3, -0.25) is 9.59 Å². The second-order valence-corrected chi connectivity index (χ2v) is 2.29. The van der Waals surface area contributed by atoms with Crippen LogP contribution in [-0.4, -0.2) is 11.6 Å². The van der Waals surface area contributed by atoms with Gasteiger partial charge in [0.05, 0.1) is 0 Å². The lowest BCUT2D eigenvalue weighted by Gasteiger charge is -2.05. The van der Waals surface area contributed by atoms with Crippen molar-refractivity contribution in [2.24, 2.45) is 0 Å². The van der Waals surface area contributed by atoms with Crippen molar-refractivity contribution in [1.82, 2.24) is 0 Å². The number of allylic oxidation sites excluding steroid dienone is 4. The van der Waals surface area contributed by atoms with E-state index >= 15 is 0 Å². The van der Waals surface area contributed by atoms with Crippen LogP contribution in [0.25, 0.3) is 0 Å². The van der Waals surface area contributed by atoms with Gasteiger partial charge in [0.1, 0.15) is 5.03 Å². The van der Waals surface area contributed by atoms with Crippen LogP contribution in [0.3, 0.4) is 0 Å². The van der Waals surface area contributed by atoms with Crippen molar-refractivity contribution in [2.45, 2.75) is 0 Å². The lowest BCUT2D eigenvalue weighted by Crippen LogP contribution is -2.16. The van der Waals surface area contributed by atoms with Crippen LogP contribution in [0.5, 0.6) is 0 Å². The van der Waals surface area contributed by atoms with E-state index in [4.69, 9.17) is 11.6 Å². The SMILES string of the molecule is O=C1C(F)=C(F)C(=O)C(Cl)=C1F. The molecule has 0 saturated heterocycles. The van der Waals surface area contributed by atoms with Gasteiger partial charge >= 0.3 is 0 Å². The maximum Gasteiger partial charge on any atom is 0.254 e. The zero-order chi connectivity index (χ0) is 9.46. The Balaban J connectivity index is 3.32. The Morgan fingerprint density at radius 1 is 0.833 bits per heavy atom. The molecule has 0 amide bonds. The van der Waals surface area contributed by atoms with Gasteiger partial charge in [-0.1, -0.05) is 11.6 Å². The number of ketones is 2. The monoisotopic (exact) mass is 196 g/mol. The summed E-state index contributed by atoms with van der Waals surface area (Å²) in [4.78, 5) is 20.8. The maximum atomic E-state index is 12.4. The first kappa shape index (κ1) is 8.99. The number of halogens is 4. The topological polar surface area (TPSA) is 34.1 Å². The Labute approximate surface area is 69.3 Å². The zero-order valence-electron chi connectivity index (χ0n) is 5.33. The fourth-order valence-corrected chi connectivity index (χ4v) is 0.760. The third kappa shape index (κ3) is 1.06. The molecule has 0 atom stereocenters. The summed E-state index contributed by atoms with van der Waals surface area (Å²) in [5, 5.41) is -1.22. The van der Waals surface area contributed by atoms with Gasteiger partial charge in [0.15, 0.2) is 5.83 Å². The molecule has 0 aromatic carbocycles. The first-order valence-electron chi connectivity index (χ1n) is 2.66. The van der Waals surface area contributed by atoms with Crippen LogP contribution in [0.1, 0.15) is 0 Å². The third-order valence-electron chi connectivity index (χ3n) is 1.18. The molecule has 0 aliphatic heterocycles. The second kappa shape index (κ2) is 2.75. The summed E-state index contributed by atoms with van der Waals surface area (Å²) in [7, 11) is 0. The summed E-state index contributed by atoms with van der Waals surface area (Å²) in [6.45, 7) is 0. The molecule has 12 heavy (non-hydrogen) atoms. The molecule has 0 unspecified atom stereocenters. The molecule has 0 aromatic rings. The van der Waals surface area contributed by atoms with E-state index in [1.54, 1.807) is 0 Å². The average Bonchev–Trinajstić information content (AvgIpc) is 2.08. The number of rotatable bonds is 0. The lowest BCUT2D eigenvalue weighted by atomic mass is 10.1. The van der Waals surface area contributed by atoms with Gasteiger partial charge in [-0.15, -0.1) is 0 Å². The number of Topliss-reactive ketones (excluding diaryl/α,β-unsaturated/α-hetero) is 2. The number of carbonyl (C=O) groups is 2. The molecule has 6 heteroatoms. The van der Waals surface area contributed by atoms with Crippen molar-refractivity contribution in [3.05, 3.63) is 22.5 Å². The first-order valence-corrected chi connectivity index (χ1v) is 3.04. The van der Waals surface area contributed by atoms with Crippen molar-refractivity contribution in [1.29, 1.82) is 0 Å². The Hall–Kier alpha value is -1.10. The molecule has 0 saturated carbocycles. The van der Waals surface area contributed by atoms with Gasteiger partial charge in [0.2, 0.25) is 17.4 Å². The van der Waals surface area contributed by atoms with Gasteiger partial charge < -0.3 is 0 Å². The van der Waals surface area contributed by atoms with Gasteiger partial charge in [-0.05, 0) is 0 Å². The largest absolute Gasteiger partial charge is 0.285 e. The van der Waals surface area contributed by atoms with E-state index in [-0.39, 0.29) is 0 Å². The van der Waals surface area contributed by atoms with Crippen molar-refractivity contribution in [2.75, 3.05) is 0 Å². The molecule has 0 N–H and O–H groups in total. The van der Waals surface area contributed by atoms with E-state index in [2.05, 4.69) is 0 Å². The van der Waals surface area contributed by atoms with Gasteiger partial charge in [0, 0.05) is 0 Å². The van der Waals surface area contributed by atoms with E-state index in [0.717, 1.165) is 0 Å². The number of hydrogen-bond donors (Lipinski definition) is 0. The van der Waals surface area contributed by atoms with E-state index in [1.165, 1.54) is 0 Å². The van der Waals surface area contributed by atoms with E-state index < -0.39 is 34.1 Å². The fourth-order valence-electron chi connectivity index (χ4n) is 0.591. The normalized spacial score (nSPS) is 19.3. The molecule has 1 rings (SSSR count).